The molecule has 9 heteroatoms. The molecule has 0 amide bonds. The van der Waals surface area contributed by atoms with Gasteiger partial charge < -0.3 is 10.1 Å². The molecule has 0 aliphatic heterocycles. The van der Waals surface area contributed by atoms with Crippen LogP contribution in [0.3, 0.4) is 0 Å². The lowest BCUT2D eigenvalue weighted by Gasteiger charge is -2.27. The summed E-state index contributed by atoms with van der Waals surface area (Å²) in [4.78, 5) is 20.2. The minimum absolute atomic E-state index is 0.00189. The van der Waals surface area contributed by atoms with Crippen LogP contribution in [0, 0.1) is 11.8 Å². The average molecular weight is 569 g/mol. The number of benzene rings is 2. The van der Waals surface area contributed by atoms with E-state index in [0.29, 0.717) is 11.5 Å². The van der Waals surface area contributed by atoms with Crippen molar-refractivity contribution in [3.05, 3.63) is 108 Å². The van der Waals surface area contributed by atoms with E-state index in [9.17, 15) is 13.2 Å². The zero-order chi connectivity index (χ0) is 29.5. The lowest BCUT2D eigenvalue weighted by molar-refractivity contribution is -0.151. The summed E-state index contributed by atoms with van der Waals surface area (Å²) in [5, 5.41) is 3.03. The van der Waals surface area contributed by atoms with E-state index in [1.54, 1.807) is 51.1 Å². The van der Waals surface area contributed by atoms with Crippen molar-refractivity contribution in [1.82, 2.24) is 14.3 Å². The number of aromatic nitrogens is 2. The maximum absolute atomic E-state index is 13.7. The second kappa shape index (κ2) is 12.8. The van der Waals surface area contributed by atoms with E-state index < -0.39 is 21.7 Å². The topological polar surface area (TPSA) is 101 Å². The van der Waals surface area contributed by atoms with Crippen molar-refractivity contribution < 1.29 is 17.9 Å². The molecule has 4 aromatic rings. The third-order valence-electron chi connectivity index (χ3n) is 5.99. The Morgan fingerprint density at radius 1 is 0.951 bits per heavy atom. The molecule has 0 spiro atoms. The van der Waals surface area contributed by atoms with Crippen LogP contribution >= 0.6 is 0 Å². The third kappa shape index (κ3) is 8.01. The number of carbonyl (C=O) groups excluding carboxylic acids is 1. The lowest BCUT2D eigenvalue weighted by atomic mass is 10.0. The van der Waals surface area contributed by atoms with E-state index in [2.05, 4.69) is 27.1 Å². The molecule has 4 rings (SSSR count). The van der Waals surface area contributed by atoms with Crippen molar-refractivity contribution in [2.24, 2.45) is 0 Å². The Labute approximate surface area is 241 Å². The third-order valence-corrected chi connectivity index (χ3v) is 7.70. The van der Waals surface area contributed by atoms with E-state index in [1.807, 2.05) is 48.5 Å². The fourth-order valence-electron chi connectivity index (χ4n) is 4.30. The molecule has 8 nitrogen and oxygen atoms in total. The molecule has 2 heterocycles. The number of esters is 1. The molecule has 0 aliphatic carbocycles. The fraction of sp³-hybridized carbons (Fsp3) is 0.219. The van der Waals surface area contributed by atoms with Crippen molar-refractivity contribution in [3.8, 4) is 23.0 Å². The van der Waals surface area contributed by atoms with E-state index in [1.165, 1.54) is 23.5 Å². The van der Waals surface area contributed by atoms with Gasteiger partial charge in [0.1, 0.15) is 5.82 Å². The van der Waals surface area contributed by atoms with Gasteiger partial charge in [-0.25, -0.2) is 18.4 Å². The van der Waals surface area contributed by atoms with Crippen LogP contribution in [-0.4, -0.2) is 34.4 Å². The molecule has 0 radical (unpaired) electrons. The van der Waals surface area contributed by atoms with Gasteiger partial charge in [0.05, 0.1) is 12.2 Å². The fourth-order valence-corrected chi connectivity index (χ4v) is 5.63. The Hall–Kier alpha value is -4.52. The van der Waals surface area contributed by atoms with E-state index in [-0.39, 0.29) is 18.1 Å². The van der Waals surface area contributed by atoms with Crippen molar-refractivity contribution in [2.45, 2.75) is 51.5 Å². The minimum atomic E-state index is -3.96. The normalized spacial score (nSPS) is 11.4. The van der Waals surface area contributed by atoms with Crippen molar-refractivity contribution >= 4 is 21.8 Å². The highest BCUT2D eigenvalue weighted by atomic mass is 32.2. The first-order chi connectivity index (χ1) is 19.6. The number of anilines is 1. The summed E-state index contributed by atoms with van der Waals surface area (Å²) in [7, 11) is -3.96. The number of nitrogens with zero attached hydrogens (tertiary/aromatic N) is 3. The number of sulfonamides is 1. The maximum atomic E-state index is 13.7. The zero-order valence-corrected chi connectivity index (χ0v) is 24.3. The standard InChI is InChI=1S/C32H32N4O4S/c1-5-10-25-11-8-12-28(21-25)27-18-16-26(17-19-27)22-36(41(38,39)31-15-6-7-20-33-31)23-29-13-9-14-30(34-29)35-32(3,4)40-24(2)37/h6-9,11-21H,22-23H2,1-4H3,(H,34,35). The van der Waals surface area contributed by atoms with Crippen molar-refractivity contribution in [1.29, 1.82) is 0 Å². The molecule has 2 aromatic carbocycles. The van der Waals surface area contributed by atoms with Crippen LogP contribution in [0.15, 0.2) is 96.2 Å². The predicted octanol–water partition coefficient (Wildman–Crippen LogP) is 5.62. The lowest BCUT2D eigenvalue weighted by Crippen LogP contribution is -2.36. The zero-order valence-electron chi connectivity index (χ0n) is 23.5. The number of carbonyl (C=O) groups is 1. The van der Waals surface area contributed by atoms with E-state index >= 15 is 0 Å². The molecule has 2 aromatic heterocycles. The van der Waals surface area contributed by atoms with Gasteiger partial charge in [-0.15, -0.1) is 5.92 Å². The van der Waals surface area contributed by atoms with E-state index in [4.69, 9.17) is 4.74 Å². The monoisotopic (exact) mass is 568 g/mol. The average Bonchev–Trinajstić information content (AvgIpc) is 2.93. The van der Waals surface area contributed by atoms with Gasteiger partial charge in [0.25, 0.3) is 10.0 Å². The van der Waals surface area contributed by atoms with Crippen LogP contribution in [0.4, 0.5) is 5.82 Å². The first-order valence-electron chi connectivity index (χ1n) is 13.0. The molecular formula is C32H32N4O4S. The second-order valence-electron chi connectivity index (χ2n) is 9.84. The van der Waals surface area contributed by atoms with Crippen LogP contribution in [0.25, 0.3) is 11.1 Å². The largest absolute Gasteiger partial charge is 0.440 e. The van der Waals surface area contributed by atoms with Gasteiger partial charge in [0.2, 0.25) is 0 Å². The van der Waals surface area contributed by atoms with Crippen LogP contribution in [-0.2, 0) is 32.6 Å². The van der Waals surface area contributed by atoms with E-state index in [0.717, 1.165) is 22.3 Å². The molecule has 0 unspecified atom stereocenters. The van der Waals surface area contributed by atoms with Crippen LogP contribution in [0.5, 0.6) is 0 Å². The molecule has 0 bridgehead atoms. The first kappa shape index (κ1) is 29.5. The molecule has 0 atom stereocenters. The number of pyridine rings is 2. The molecule has 210 valence electrons. The Bertz CT molecular complexity index is 1680. The first-order valence-corrected chi connectivity index (χ1v) is 14.5. The minimum Gasteiger partial charge on any atom is -0.440 e. The molecular weight excluding hydrogens is 536 g/mol. The highest BCUT2D eigenvalue weighted by molar-refractivity contribution is 7.89. The van der Waals surface area contributed by atoms with Gasteiger partial charge in [0, 0.05) is 25.2 Å². The summed E-state index contributed by atoms with van der Waals surface area (Å²) in [6, 6.07) is 25.8. The quantitative estimate of drug-likeness (QED) is 0.151. The smallest absolute Gasteiger partial charge is 0.304 e. The number of ether oxygens (including phenoxy) is 1. The Morgan fingerprint density at radius 3 is 2.39 bits per heavy atom. The van der Waals surface area contributed by atoms with Crippen molar-refractivity contribution in [2.75, 3.05) is 5.32 Å². The Balaban J connectivity index is 1.62. The molecule has 0 aliphatic rings. The van der Waals surface area contributed by atoms with Gasteiger partial charge >= 0.3 is 5.97 Å². The Morgan fingerprint density at radius 2 is 1.71 bits per heavy atom. The molecule has 41 heavy (non-hydrogen) atoms. The van der Waals surface area contributed by atoms with Gasteiger partial charge in [0.15, 0.2) is 10.8 Å². The van der Waals surface area contributed by atoms with Crippen LogP contribution in [0.1, 0.15) is 44.5 Å². The number of rotatable bonds is 10. The summed E-state index contributed by atoms with van der Waals surface area (Å²) >= 11 is 0. The van der Waals surface area contributed by atoms with Crippen LogP contribution < -0.4 is 5.32 Å². The SMILES string of the molecule is CC#Cc1cccc(-c2ccc(CN(Cc3cccc(NC(C)(C)OC(C)=O)n3)S(=O)(=O)c3ccccn3)cc2)c1. The van der Waals surface area contributed by atoms with Crippen molar-refractivity contribution in [3.63, 3.8) is 0 Å². The van der Waals surface area contributed by atoms with Gasteiger partial charge in [-0.2, -0.15) is 4.31 Å². The number of hydrogen-bond acceptors (Lipinski definition) is 7. The number of nitrogens with one attached hydrogen (secondary N) is 1. The van der Waals surface area contributed by atoms with Gasteiger partial charge in [-0.1, -0.05) is 54.5 Å². The molecule has 0 saturated carbocycles. The van der Waals surface area contributed by atoms with Gasteiger partial charge in [-0.3, -0.25) is 4.79 Å². The highest BCUT2D eigenvalue weighted by Gasteiger charge is 2.27. The summed E-state index contributed by atoms with van der Waals surface area (Å²) in [6.07, 6.45) is 1.46. The summed E-state index contributed by atoms with van der Waals surface area (Å²) in [5.41, 5.74) is 3.29. The molecule has 0 fully saturated rings. The summed E-state index contributed by atoms with van der Waals surface area (Å²) in [5.74, 6) is 6.01. The molecule has 1 N–H and O–H groups in total. The second-order valence-corrected chi connectivity index (χ2v) is 11.7. The van der Waals surface area contributed by atoms with Gasteiger partial charge in [-0.05, 0) is 73.9 Å². The maximum Gasteiger partial charge on any atom is 0.304 e. The molecule has 0 saturated heterocycles. The number of hydrogen-bond donors (Lipinski definition) is 1. The highest BCUT2D eigenvalue weighted by Crippen LogP contribution is 2.24. The Kier molecular flexibility index (Phi) is 9.17. The van der Waals surface area contributed by atoms with Crippen LogP contribution in [0.2, 0.25) is 0 Å². The summed E-state index contributed by atoms with van der Waals surface area (Å²) in [6.45, 7) is 6.66. The summed E-state index contributed by atoms with van der Waals surface area (Å²) < 4.78 is 34.1. The predicted molar refractivity (Wildman–Crippen MR) is 159 cm³/mol.